The van der Waals surface area contributed by atoms with E-state index < -0.39 is 28.5 Å². The molecule has 0 saturated heterocycles. The third-order valence-electron chi connectivity index (χ3n) is 7.56. The Hall–Kier alpha value is -3.17. The monoisotopic (exact) mass is 639 g/mol. The molecule has 1 aliphatic carbocycles. The van der Waals surface area contributed by atoms with E-state index >= 15 is 0 Å². The van der Waals surface area contributed by atoms with Crippen LogP contribution < -0.4 is 9.62 Å². The van der Waals surface area contributed by atoms with Crippen molar-refractivity contribution in [2.45, 2.75) is 76.4 Å². The highest BCUT2D eigenvalue weighted by molar-refractivity contribution is 9.10. The van der Waals surface area contributed by atoms with Crippen LogP contribution in [0.4, 0.5) is 5.69 Å². The molecule has 3 aromatic rings. The molecule has 0 radical (unpaired) electrons. The highest BCUT2D eigenvalue weighted by Gasteiger charge is 2.34. The summed E-state index contributed by atoms with van der Waals surface area (Å²) in [6.45, 7) is 5.49. The van der Waals surface area contributed by atoms with Gasteiger partial charge in [0, 0.05) is 17.1 Å². The van der Waals surface area contributed by atoms with Crippen LogP contribution in [-0.4, -0.2) is 43.8 Å². The topological polar surface area (TPSA) is 86.8 Å². The molecule has 0 spiro atoms. The van der Waals surface area contributed by atoms with Gasteiger partial charge in [-0.2, -0.15) is 0 Å². The number of hydrogen-bond donors (Lipinski definition) is 1. The van der Waals surface area contributed by atoms with Gasteiger partial charge in [0.2, 0.25) is 11.8 Å². The minimum absolute atomic E-state index is 0.0925. The van der Waals surface area contributed by atoms with E-state index in [1.54, 1.807) is 48.5 Å². The van der Waals surface area contributed by atoms with Gasteiger partial charge in [0.1, 0.15) is 12.6 Å². The molecule has 1 fully saturated rings. The standard InChI is InChI=1S/C32H38BrN3O4S/c1-4-30(32(38)34-27-7-5-6-8-27)35(21-25-13-9-23(2)10-14-25)31(37)22-36(28-17-15-26(33)16-18-28)41(39,40)29-19-11-24(3)12-20-29/h9-20,27,30H,4-8,21-22H2,1-3H3,(H,34,38)/t30-/m1/s1. The van der Waals surface area contributed by atoms with Gasteiger partial charge in [0.15, 0.2) is 0 Å². The number of hydrogen-bond acceptors (Lipinski definition) is 4. The number of nitrogens with one attached hydrogen (secondary N) is 1. The number of carbonyl (C=O) groups is 2. The average Bonchev–Trinajstić information content (AvgIpc) is 3.46. The van der Waals surface area contributed by atoms with Crippen LogP contribution >= 0.6 is 15.9 Å². The normalized spacial score (nSPS) is 14.4. The lowest BCUT2D eigenvalue weighted by Crippen LogP contribution is -2.53. The Labute approximate surface area is 252 Å². The molecule has 9 heteroatoms. The first-order valence-electron chi connectivity index (χ1n) is 14.1. The molecule has 0 bridgehead atoms. The number of benzene rings is 3. The van der Waals surface area contributed by atoms with Crippen molar-refractivity contribution >= 4 is 43.5 Å². The van der Waals surface area contributed by atoms with E-state index in [0.29, 0.717) is 12.1 Å². The molecule has 7 nitrogen and oxygen atoms in total. The molecule has 218 valence electrons. The number of amides is 2. The molecule has 0 aliphatic heterocycles. The van der Waals surface area contributed by atoms with Crippen LogP contribution in [0.3, 0.4) is 0 Å². The summed E-state index contributed by atoms with van der Waals surface area (Å²) in [5.74, 6) is -0.644. The largest absolute Gasteiger partial charge is 0.352 e. The molecule has 2 amide bonds. The van der Waals surface area contributed by atoms with Crippen molar-refractivity contribution < 1.29 is 18.0 Å². The minimum Gasteiger partial charge on any atom is -0.352 e. The Morgan fingerprint density at radius 1 is 0.902 bits per heavy atom. The van der Waals surface area contributed by atoms with Crippen molar-refractivity contribution in [1.29, 1.82) is 0 Å². The fourth-order valence-electron chi connectivity index (χ4n) is 5.15. The number of anilines is 1. The zero-order chi connectivity index (χ0) is 29.6. The SMILES string of the molecule is CC[C@H](C(=O)NC1CCCC1)N(Cc1ccc(C)cc1)C(=O)CN(c1ccc(Br)cc1)S(=O)(=O)c1ccc(C)cc1. The Morgan fingerprint density at radius 3 is 2.02 bits per heavy atom. The number of sulfonamides is 1. The van der Waals surface area contributed by atoms with Crippen molar-refractivity contribution in [3.05, 3.63) is 94.0 Å². The lowest BCUT2D eigenvalue weighted by molar-refractivity contribution is -0.140. The zero-order valence-corrected chi connectivity index (χ0v) is 26.2. The number of halogens is 1. The van der Waals surface area contributed by atoms with E-state index in [-0.39, 0.29) is 23.4 Å². The first-order chi connectivity index (χ1) is 19.6. The van der Waals surface area contributed by atoms with Crippen LogP contribution in [0.15, 0.2) is 82.2 Å². The third kappa shape index (κ3) is 7.77. The fraction of sp³-hybridized carbons (Fsp3) is 0.375. The summed E-state index contributed by atoms with van der Waals surface area (Å²) in [6, 6.07) is 20.6. The quantitative estimate of drug-likeness (QED) is 0.274. The summed E-state index contributed by atoms with van der Waals surface area (Å²) in [5, 5.41) is 3.14. The predicted molar refractivity (Wildman–Crippen MR) is 166 cm³/mol. The number of rotatable bonds is 11. The summed E-state index contributed by atoms with van der Waals surface area (Å²) < 4.78 is 29.8. The lowest BCUT2D eigenvalue weighted by Gasteiger charge is -2.33. The van der Waals surface area contributed by atoms with Gasteiger partial charge in [-0.15, -0.1) is 0 Å². The summed E-state index contributed by atoms with van der Waals surface area (Å²) >= 11 is 3.41. The van der Waals surface area contributed by atoms with Gasteiger partial charge >= 0.3 is 0 Å². The maximum Gasteiger partial charge on any atom is 0.264 e. The second-order valence-electron chi connectivity index (χ2n) is 10.7. The van der Waals surface area contributed by atoms with E-state index in [1.807, 2.05) is 45.0 Å². The highest BCUT2D eigenvalue weighted by atomic mass is 79.9. The number of carbonyl (C=O) groups excluding carboxylic acids is 2. The molecule has 1 N–H and O–H groups in total. The van der Waals surface area contributed by atoms with E-state index in [2.05, 4.69) is 21.2 Å². The Balaban J connectivity index is 1.70. The second-order valence-corrected chi connectivity index (χ2v) is 13.5. The zero-order valence-electron chi connectivity index (χ0n) is 23.8. The Kier molecular flexibility index (Phi) is 10.3. The summed E-state index contributed by atoms with van der Waals surface area (Å²) in [5.41, 5.74) is 3.25. The molecule has 1 aliphatic rings. The molecular formula is C32H38BrN3O4S. The maximum atomic E-state index is 14.2. The molecule has 0 unspecified atom stereocenters. The number of aryl methyl sites for hydroxylation is 2. The van der Waals surface area contributed by atoms with Gasteiger partial charge < -0.3 is 10.2 Å². The molecule has 0 heterocycles. The lowest BCUT2D eigenvalue weighted by atomic mass is 10.1. The van der Waals surface area contributed by atoms with Gasteiger partial charge in [-0.3, -0.25) is 13.9 Å². The van der Waals surface area contributed by atoms with Crippen LogP contribution in [-0.2, 0) is 26.2 Å². The van der Waals surface area contributed by atoms with Crippen molar-refractivity contribution in [3.8, 4) is 0 Å². The van der Waals surface area contributed by atoms with E-state index in [1.165, 1.54) is 4.90 Å². The highest BCUT2D eigenvalue weighted by Crippen LogP contribution is 2.27. The summed E-state index contributed by atoms with van der Waals surface area (Å²) in [4.78, 5) is 29.3. The predicted octanol–water partition coefficient (Wildman–Crippen LogP) is 6.13. The van der Waals surface area contributed by atoms with Crippen molar-refractivity contribution in [2.24, 2.45) is 0 Å². The molecule has 41 heavy (non-hydrogen) atoms. The van der Waals surface area contributed by atoms with E-state index in [9.17, 15) is 18.0 Å². The van der Waals surface area contributed by atoms with Gasteiger partial charge in [-0.25, -0.2) is 8.42 Å². The molecule has 3 aromatic carbocycles. The molecule has 4 rings (SSSR count). The first kappa shape index (κ1) is 30.8. The smallest absolute Gasteiger partial charge is 0.264 e. The Morgan fingerprint density at radius 2 is 1.46 bits per heavy atom. The minimum atomic E-state index is -4.09. The maximum absolute atomic E-state index is 14.2. The fourth-order valence-corrected chi connectivity index (χ4v) is 6.83. The van der Waals surface area contributed by atoms with Crippen LogP contribution in [0.1, 0.15) is 55.7 Å². The van der Waals surface area contributed by atoms with E-state index in [0.717, 1.165) is 51.2 Å². The van der Waals surface area contributed by atoms with Crippen molar-refractivity contribution in [2.75, 3.05) is 10.8 Å². The van der Waals surface area contributed by atoms with Gasteiger partial charge in [0.25, 0.3) is 10.0 Å². The van der Waals surface area contributed by atoms with Crippen molar-refractivity contribution in [3.63, 3.8) is 0 Å². The number of nitrogens with zero attached hydrogens (tertiary/aromatic N) is 2. The molecular weight excluding hydrogens is 602 g/mol. The second kappa shape index (κ2) is 13.7. The van der Waals surface area contributed by atoms with Gasteiger partial charge in [-0.1, -0.05) is 83.2 Å². The van der Waals surface area contributed by atoms with Crippen LogP contribution in [0.25, 0.3) is 0 Å². The van der Waals surface area contributed by atoms with Crippen LogP contribution in [0.2, 0.25) is 0 Å². The molecule has 1 atom stereocenters. The van der Waals surface area contributed by atoms with Crippen molar-refractivity contribution in [1.82, 2.24) is 10.2 Å². The van der Waals surface area contributed by atoms with Gasteiger partial charge in [-0.05, 0) is 75.1 Å². The summed E-state index contributed by atoms with van der Waals surface area (Å²) in [7, 11) is -4.09. The van der Waals surface area contributed by atoms with Crippen LogP contribution in [0, 0.1) is 13.8 Å². The van der Waals surface area contributed by atoms with Gasteiger partial charge in [0.05, 0.1) is 10.6 Å². The molecule has 0 aromatic heterocycles. The van der Waals surface area contributed by atoms with Crippen LogP contribution in [0.5, 0.6) is 0 Å². The molecule has 1 saturated carbocycles. The summed E-state index contributed by atoms with van der Waals surface area (Å²) in [6.07, 6.45) is 4.42. The Bertz CT molecular complexity index is 1440. The first-order valence-corrected chi connectivity index (χ1v) is 16.3. The average molecular weight is 641 g/mol. The van der Waals surface area contributed by atoms with E-state index in [4.69, 9.17) is 0 Å². The third-order valence-corrected chi connectivity index (χ3v) is 9.88.